The molecule has 0 saturated heterocycles. The first kappa shape index (κ1) is 7.98. The zero-order valence-corrected chi connectivity index (χ0v) is 7.73. The first-order valence-corrected chi connectivity index (χ1v) is 4.20. The van der Waals surface area contributed by atoms with E-state index in [0.717, 1.165) is 5.69 Å². The molecule has 0 unspecified atom stereocenters. The Bertz CT molecular complexity index is 404. The second-order valence-corrected chi connectivity index (χ2v) is 3.09. The third-order valence-corrected chi connectivity index (χ3v) is 2.27. The third-order valence-electron chi connectivity index (χ3n) is 2.27. The number of rotatable bonds is 1. The zero-order valence-electron chi connectivity index (χ0n) is 7.73. The molecule has 0 atom stereocenters. The molecule has 3 heteroatoms. The van der Waals surface area contributed by atoms with Crippen molar-refractivity contribution in [2.75, 3.05) is 0 Å². The lowest BCUT2D eigenvalue weighted by molar-refractivity contribution is 1.03. The molecule has 13 heavy (non-hydrogen) atoms. The van der Waals surface area contributed by atoms with Crippen molar-refractivity contribution in [2.24, 2.45) is 0 Å². The summed E-state index contributed by atoms with van der Waals surface area (Å²) in [5.74, 6) is 0. The van der Waals surface area contributed by atoms with Crippen molar-refractivity contribution in [1.29, 1.82) is 0 Å². The smallest absolute Gasteiger partial charge is 0.123 e. The fourth-order valence-electron chi connectivity index (χ4n) is 1.34. The third kappa shape index (κ3) is 1.33. The predicted molar refractivity (Wildman–Crippen MR) is 50.8 cm³/mol. The van der Waals surface area contributed by atoms with Gasteiger partial charge in [0.1, 0.15) is 12.7 Å². The van der Waals surface area contributed by atoms with Gasteiger partial charge in [0.25, 0.3) is 0 Å². The Kier molecular flexibility index (Phi) is 1.85. The van der Waals surface area contributed by atoms with Crippen LogP contribution in [-0.2, 0) is 0 Å². The molecule has 0 saturated carbocycles. The Labute approximate surface area is 77.0 Å². The van der Waals surface area contributed by atoms with E-state index in [-0.39, 0.29) is 0 Å². The van der Waals surface area contributed by atoms with Gasteiger partial charge < -0.3 is 0 Å². The molecular weight excluding hydrogens is 162 g/mol. The van der Waals surface area contributed by atoms with Gasteiger partial charge in [-0.1, -0.05) is 12.1 Å². The summed E-state index contributed by atoms with van der Waals surface area (Å²) in [4.78, 5) is 0. The van der Waals surface area contributed by atoms with Crippen LogP contribution in [-0.4, -0.2) is 14.8 Å². The second-order valence-electron chi connectivity index (χ2n) is 3.09. The number of aryl methyl sites for hydroxylation is 1. The maximum absolute atomic E-state index is 3.78. The minimum absolute atomic E-state index is 1.14. The van der Waals surface area contributed by atoms with Crippen LogP contribution in [0.3, 0.4) is 0 Å². The highest BCUT2D eigenvalue weighted by atomic mass is 15.2. The lowest BCUT2D eigenvalue weighted by Crippen LogP contribution is -1.95. The van der Waals surface area contributed by atoms with Gasteiger partial charge in [0, 0.05) is 0 Å². The van der Waals surface area contributed by atoms with Crippen LogP contribution >= 0.6 is 0 Å². The van der Waals surface area contributed by atoms with Gasteiger partial charge in [-0.25, -0.2) is 0 Å². The summed E-state index contributed by atoms with van der Waals surface area (Å²) in [6.45, 7) is 4.20. The fourth-order valence-corrected chi connectivity index (χ4v) is 1.34. The van der Waals surface area contributed by atoms with Crippen LogP contribution in [0.1, 0.15) is 11.1 Å². The molecule has 0 fully saturated rings. The van der Waals surface area contributed by atoms with Crippen LogP contribution in [0.25, 0.3) is 5.69 Å². The Morgan fingerprint density at radius 2 is 1.77 bits per heavy atom. The summed E-state index contributed by atoms with van der Waals surface area (Å²) in [6.07, 6.45) is 3.42. The van der Waals surface area contributed by atoms with Crippen molar-refractivity contribution in [3.8, 4) is 5.69 Å². The van der Waals surface area contributed by atoms with Crippen molar-refractivity contribution in [1.82, 2.24) is 14.8 Å². The second kappa shape index (κ2) is 3.01. The molecule has 0 aliphatic heterocycles. The van der Waals surface area contributed by atoms with E-state index in [1.54, 1.807) is 12.7 Å². The molecule has 2 rings (SSSR count). The molecule has 0 amide bonds. The number of nitrogens with zero attached hydrogens (tertiary/aromatic N) is 3. The highest BCUT2D eigenvalue weighted by Gasteiger charge is 2.01. The normalized spacial score (nSPS) is 10.3. The molecule has 3 nitrogen and oxygen atoms in total. The van der Waals surface area contributed by atoms with Crippen LogP contribution < -0.4 is 0 Å². The lowest BCUT2D eigenvalue weighted by atomic mass is 10.1. The monoisotopic (exact) mass is 173 g/mol. The molecule has 0 aliphatic carbocycles. The molecule has 0 aliphatic rings. The average molecular weight is 173 g/mol. The van der Waals surface area contributed by atoms with Crippen molar-refractivity contribution >= 4 is 0 Å². The Hall–Kier alpha value is -1.64. The highest BCUT2D eigenvalue weighted by molar-refractivity contribution is 5.44. The van der Waals surface area contributed by atoms with Gasteiger partial charge in [0.05, 0.1) is 5.69 Å². The van der Waals surface area contributed by atoms with Crippen LogP contribution in [0.15, 0.2) is 30.9 Å². The van der Waals surface area contributed by atoms with Crippen LogP contribution in [0.5, 0.6) is 0 Å². The molecule has 66 valence electrons. The van der Waals surface area contributed by atoms with Crippen LogP contribution in [0.2, 0.25) is 0 Å². The number of benzene rings is 1. The van der Waals surface area contributed by atoms with Gasteiger partial charge in [-0.3, -0.25) is 4.57 Å². The SMILES string of the molecule is Cc1cccc(-n2cnnc2)c1C. The number of hydrogen-bond acceptors (Lipinski definition) is 2. The maximum Gasteiger partial charge on any atom is 0.123 e. The van der Waals surface area contributed by atoms with Crippen molar-refractivity contribution in [3.05, 3.63) is 42.0 Å². The first-order chi connectivity index (χ1) is 6.29. The predicted octanol–water partition coefficient (Wildman–Crippen LogP) is 1.88. The number of hydrogen-bond donors (Lipinski definition) is 0. The van der Waals surface area contributed by atoms with E-state index in [9.17, 15) is 0 Å². The molecule has 0 N–H and O–H groups in total. The van der Waals surface area contributed by atoms with Gasteiger partial charge >= 0.3 is 0 Å². The van der Waals surface area contributed by atoms with Gasteiger partial charge in [0.2, 0.25) is 0 Å². The van der Waals surface area contributed by atoms with Gasteiger partial charge in [-0.2, -0.15) is 0 Å². The van der Waals surface area contributed by atoms with E-state index in [0.29, 0.717) is 0 Å². The van der Waals surface area contributed by atoms with Crippen molar-refractivity contribution in [2.45, 2.75) is 13.8 Å². The van der Waals surface area contributed by atoms with Crippen LogP contribution in [0.4, 0.5) is 0 Å². The highest BCUT2D eigenvalue weighted by Crippen LogP contribution is 2.15. The quantitative estimate of drug-likeness (QED) is 0.659. The summed E-state index contributed by atoms with van der Waals surface area (Å²) >= 11 is 0. The zero-order chi connectivity index (χ0) is 9.26. The first-order valence-electron chi connectivity index (χ1n) is 4.20. The largest absolute Gasteiger partial charge is 0.288 e. The maximum atomic E-state index is 3.78. The average Bonchev–Trinajstić information content (AvgIpc) is 2.62. The fraction of sp³-hybridized carbons (Fsp3) is 0.200. The lowest BCUT2D eigenvalue weighted by Gasteiger charge is -2.07. The molecule has 0 bridgehead atoms. The number of aromatic nitrogens is 3. The van der Waals surface area contributed by atoms with E-state index in [2.05, 4.69) is 36.2 Å². The van der Waals surface area contributed by atoms with Gasteiger partial charge in [-0.15, -0.1) is 10.2 Å². The summed E-state index contributed by atoms with van der Waals surface area (Å²) < 4.78 is 1.92. The molecule has 2 aromatic rings. The minimum atomic E-state index is 1.14. The molecular formula is C10H11N3. The van der Waals surface area contributed by atoms with E-state index in [1.165, 1.54) is 11.1 Å². The molecule has 0 spiro atoms. The molecule has 1 heterocycles. The van der Waals surface area contributed by atoms with E-state index >= 15 is 0 Å². The molecule has 1 aromatic carbocycles. The topological polar surface area (TPSA) is 30.7 Å². The van der Waals surface area contributed by atoms with Crippen molar-refractivity contribution < 1.29 is 0 Å². The minimum Gasteiger partial charge on any atom is -0.288 e. The molecule has 0 radical (unpaired) electrons. The molecule has 1 aromatic heterocycles. The van der Waals surface area contributed by atoms with Crippen molar-refractivity contribution in [3.63, 3.8) is 0 Å². The van der Waals surface area contributed by atoms with Crippen LogP contribution in [0, 0.1) is 13.8 Å². The summed E-state index contributed by atoms with van der Waals surface area (Å²) in [7, 11) is 0. The van der Waals surface area contributed by atoms with E-state index in [4.69, 9.17) is 0 Å². The Morgan fingerprint density at radius 1 is 1.08 bits per heavy atom. The van der Waals surface area contributed by atoms with Gasteiger partial charge in [0.15, 0.2) is 0 Å². The summed E-state index contributed by atoms with van der Waals surface area (Å²) in [5.41, 5.74) is 3.69. The Morgan fingerprint density at radius 3 is 2.46 bits per heavy atom. The summed E-state index contributed by atoms with van der Waals surface area (Å²) in [5, 5.41) is 7.56. The van der Waals surface area contributed by atoms with E-state index < -0.39 is 0 Å². The van der Waals surface area contributed by atoms with Gasteiger partial charge in [-0.05, 0) is 31.0 Å². The van der Waals surface area contributed by atoms with E-state index in [1.807, 2.05) is 10.6 Å². The summed E-state index contributed by atoms with van der Waals surface area (Å²) in [6, 6.07) is 6.20. The Balaban J connectivity index is 2.59. The standard InChI is InChI=1S/C10H11N3/c1-8-4-3-5-10(9(8)2)13-6-11-12-7-13/h3-7H,1-2H3.